The van der Waals surface area contributed by atoms with E-state index >= 15 is 0 Å². The molecule has 0 saturated heterocycles. The summed E-state index contributed by atoms with van der Waals surface area (Å²) in [4.78, 5) is 25.2. The monoisotopic (exact) mass is 517 g/mol. The number of hydrogen-bond acceptors (Lipinski definition) is 7. The minimum absolute atomic E-state index is 0.0696. The molecule has 2 N–H and O–H groups in total. The number of pyridine rings is 1. The molecule has 1 amide bonds. The molecule has 0 radical (unpaired) electrons. The van der Waals surface area contributed by atoms with Gasteiger partial charge in [0.15, 0.2) is 0 Å². The zero-order chi connectivity index (χ0) is 26.4. The Morgan fingerprint density at radius 3 is 2.59 bits per heavy atom. The van der Waals surface area contributed by atoms with Crippen molar-refractivity contribution in [2.75, 3.05) is 17.2 Å². The maximum atomic E-state index is 12.1. The van der Waals surface area contributed by atoms with Crippen molar-refractivity contribution < 1.29 is 14.3 Å². The SMILES string of the molecule is C=CC(=O)Nc1cc2c(Nc3ccc(OCc4ccccn4)c(Cl)c3)ncnc2cc1OCC(C)(C)C. The lowest BCUT2D eigenvalue weighted by Gasteiger charge is -2.21. The topological polar surface area (TPSA) is 98.3 Å². The van der Waals surface area contributed by atoms with Crippen molar-refractivity contribution in [2.45, 2.75) is 27.4 Å². The summed E-state index contributed by atoms with van der Waals surface area (Å²) in [5.74, 6) is 1.25. The van der Waals surface area contributed by atoms with E-state index in [9.17, 15) is 4.79 Å². The van der Waals surface area contributed by atoms with Crippen molar-refractivity contribution >= 4 is 45.6 Å². The van der Waals surface area contributed by atoms with E-state index in [-0.39, 0.29) is 11.3 Å². The van der Waals surface area contributed by atoms with E-state index < -0.39 is 0 Å². The first-order valence-electron chi connectivity index (χ1n) is 11.7. The molecule has 0 atom stereocenters. The molecule has 2 aromatic carbocycles. The van der Waals surface area contributed by atoms with Crippen LogP contribution in [0.5, 0.6) is 11.5 Å². The average molecular weight is 518 g/mol. The lowest BCUT2D eigenvalue weighted by atomic mass is 9.99. The van der Waals surface area contributed by atoms with Crippen molar-refractivity contribution in [3.8, 4) is 11.5 Å². The number of benzene rings is 2. The molecule has 0 unspecified atom stereocenters. The van der Waals surface area contributed by atoms with E-state index in [1.807, 2.05) is 24.3 Å². The van der Waals surface area contributed by atoms with Crippen LogP contribution in [0.15, 0.2) is 73.7 Å². The van der Waals surface area contributed by atoms with Gasteiger partial charge in [-0.1, -0.05) is 45.0 Å². The Balaban J connectivity index is 1.60. The highest BCUT2D eigenvalue weighted by Gasteiger charge is 2.17. The van der Waals surface area contributed by atoms with E-state index in [1.54, 1.807) is 30.5 Å². The summed E-state index contributed by atoms with van der Waals surface area (Å²) in [7, 11) is 0. The Bertz CT molecular complexity index is 1420. The van der Waals surface area contributed by atoms with Crippen LogP contribution >= 0.6 is 11.6 Å². The van der Waals surface area contributed by atoms with Gasteiger partial charge >= 0.3 is 0 Å². The van der Waals surface area contributed by atoms with Gasteiger partial charge in [0.1, 0.15) is 30.3 Å². The van der Waals surface area contributed by atoms with Gasteiger partial charge in [-0.2, -0.15) is 0 Å². The number of hydrogen-bond donors (Lipinski definition) is 2. The summed E-state index contributed by atoms with van der Waals surface area (Å²) >= 11 is 6.48. The van der Waals surface area contributed by atoms with E-state index in [0.29, 0.717) is 57.8 Å². The molecule has 2 aromatic heterocycles. The Hall–Kier alpha value is -4.17. The first-order valence-corrected chi connectivity index (χ1v) is 12.0. The van der Waals surface area contributed by atoms with Gasteiger partial charge in [-0.15, -0.1) is 0 Å². The number of fused-ring (bicyclic) bond motifs is 1. The van der Waals surface area contributed by atoms with E-state index in [4.69, 9.17) is 21.1 Å². The summed E-state index contributed by atoms with van der Waals surface area (Å²) in [6.45, 7) is 10.5. The summed E-state index contributed by atoms with van der Waals surface area (Å²) in [6, 6.07) is 14.6. The molecular weight excluding hydrogens is 490 g/mol. The molecule has 0 fully saturated rings. The van der Waals surface area contributed by atoms with Crippen LogP contribution < -0.4 is 20.1 Å². The minimum atomic E-state index is -0.348. The maximum absolute atomic E-state index is 12.1. The van der Waals surface area contributed by atoms with Gasteiger partial charge in [0.05, 0.1) is 28.5 Å². The normalized spacial score (nSPS) is 11.1. The summed E-state index contributed by atoms with van der Waals surface area (Å²) in [6.07, 6.45) is 4.39. The van der Waals surface area contributed by atoms with Crippen molar-refractivity contribution in [3.05, 3.63) is 84.4 Å². The van der Waals surface area contributed by atoms with Crippen LogP contribution in [0.3, 0.4) is 0 Å². The van der Waals surface area contributed by atoms with Crippen LogP contribution in [0.25, 0.3) is 10.9 Å². The lowest BCUT2D eigenvalue weighted by molar-refractivity contribution is -0.111. The molecular formula is C28H28ClN5O3. The zero-order valence-electron chi connectivity index (χ0n) is 20.9. The Labute approximate surface area is 220 Å². The summed E-state index contributed by atoms with van der Waals surface area (Å²) in [5.41, 5.74) is 2.59. The third-order valence-corrected chi connectivity index (χ3v) is 5.43. The second kappa shape index (κ2) is 11.3. The van der Waals surface area contributed by atoms with Crippen molar-refractivity contribution in [1.29, 1.82) is 0 Å². The fourth-order valence-corrected chi connectivity index (χ4v) is 3.58. The number of ether oxygens (including phenoxy) is 2. The number of nitrogens with zero attached hydrogens (tertiary/aromatic N) is 3. The number of amides is 1. The first-order chi connectivity index (χ1) is 17.7. The van der Waals surface area contributed by atoms with Crippen molar-refractivity contribution in [3.63, 3.8) is 0 Å². The van der Waals surface area contributed by atoms with Gasteiger partial charge in [0, 0.05) is 23.3 Å². The first kappa shape index (κ1) is 25.9. The van der Waals surface area contributed by atoms with Gasteiger partial charge in [-0.25, -0.2) is 9.97 Å². The predicted molar refractivity (Wildman–Crippen MR) is 147 cm³/mol. The molecule has 2 heterocycles. The van der Waals surface area contributed by atoms with Crippen LogP contribution in [0.2, 0.25) is 5.02 Å². The van der Waals surface area contributed by atoms with Crippen molar-refractivity contribution in [1.82, 2.24) is 15.0 Å². The Morgan fingerprint density at radius 2 is 1.89 bits per heavy atom. The maximum Gasteiger partial charge on any atom is 0.247 e. The molecule has 4 aromatic rings. The molecule has 8 nitrogen and oxygen atoms in total. The summed E-state index contributed by atoms with van der Waals surface area (Å²) in [5, 5.41) is 7.23. The molecule has 0 aliphatic heterocycles. The predicted octanol–water partition coefficient (Wildman–Crippen LogP) is 6.55. The second-order valence-corrected chi connectivity index (χ2v) is 9.92. The molecule has 9 heteroatoms. The lowest BCUT2D eigenvalue weighted by Crippen LogP contribution is -2.18. The molecule has 0 bridgehead atoms. The molecule has 4 rings (SSSR count). The molecule has 0 spiro atoms. The van der Waals surface area contributed by atoms with Gasteiger partial charge in [-0.3, -0.25) is 9.78 Å². The standard InChI is InChI=1S/C28H28ClN5O3/c1-5-26(35)34-23-13-20-22(14-25(23)37-16-28(2,3)4)31-17-32-27(20)33-18-9-10-24(21(29)12-18)36-15-19-8-6-7-11-30-19/h5-14,17H,1,15-16H2,2-4H3,(H,34,35)(H,31,32,33). The van der Waals surface area contributed by atoms with Crippen LogP contribution in [-0.2, 0) is 11.4 Å². The van der Waals surface area contributed by atoms with Gasteiger partial charge in [-0.05, 0) is 47.9 Å². The number of halogens is 1. The quantitative estimate of drug-likeness (QED) is 0.243. The number of anilines is 3. The fourth-order valence-electron chi connectivity index (χ4n) is 3.35. The highest BCUT2D eigenvalue weighted by Crippen LogP contribution is 2.35. The van der Waals surface area contributed by atoms with Gasteiger partial charge < -0.3 is 20.1 Å². The highest BCUT2D eigenvalue weighted by molar-refractivity contribution is 6.32. The Kier molecular flexibility index (Phi) is 7.89. The number of nitrogens with one attached hydrogen (secondary N) is 2. The van der Waals surface area contributed by atoms with Crippen LogP contribution in [-0.4, -0.2) is 27.5 Å². The Morgan fingerprint density at radius 1 is 1.05 bits per heavy atom. The minimum Gasteiger partial charge on any atom is -0.491 e. The van der Waals surface area contributed by atoms with Gasteiger partial charge in [0.2, 0.25) is 5.91 Å². The third kappa shape index (κ3) is 6.95. The number of aromatic nitrogens is 3. The average Bonchev–Trinajstić information content (AvgIpc) is 2.87. The summed E-state index contributed by atoms with van der Waals surface area (Å²) < 4.78 is 11.8. The van der Waals surface area contributed by atoms with Crippen LogP contribution in [0.4, 0.5) is 17.2 Å². The highest BCUT2D eigenvalue weighted by atomic mass is 35.5. The zero-order valence-corrected chi connectivity index (χ0v) is 21.7. The number of carbonyl (C=O) groups excluding carboxylic acids is 1. The van der Waals surface area contributed by atoms with Crippen molar-refractivity contribution in [2.24, 2.45) is 5.41 Å². The molecule has 0 aliphatic rings. The molecule has 37 heavy (non-hydrogen) atoms. The fraction of sp³-hybridized carbons (Fsp3) is 0.214. The van der Waals surface area contributed by atoms with Crippen LogP contribution in [0, 0.1) is 5.41 Å². The number of rotatable bonds is 9. The largest absolute Gasteiger partial charge is 0.491 e. The second-order valence-electron chi connectivity index (χ2n) is 9.51. The smallest absolute Gasteiger partial charge is 0.247 e. The van der Waals surface area contributed by atoms with Crippen LogP contribution in [0.1, 0.15) is 26.5 Å². The molecule has 0 aliphatic carbocycles. The van der Waals surface area contributed by atoms with E-state index in [0.717, 1.165) is 5.69 Å². The van der Waals surface area contributed by atoms with Gasteiger partial charge in [0.25, 0.3) is 0 Å². The van der Waals surface area contributed by atoms with E-state index in [2.05, 4.69) is 52.9 Å². The number of carbonyl (C=O) groups is 1. The molecule has 0 saturated carbocycles. The van der Waals surface area contributed by atoms with E-state index in [1.165, 1.54) is 12.4 Å². The molecule has 190 valence electrons. The third-order valence-electron chi connectivity index (χ3n) is 5.14.